The summed E-state index contributed by atoms with van der Waals surface area (Å²) in [4.78, 5) is 27.6. The van der Waals surface area contributed by atoms with Crippen molar-refractivity contribution < 1.29 is 14.7 Å². The summed E-state index contributed by atoms with van der Waals surface area (Å²) in [5.41, 5.74) is 5.85. The maximum Gasteiger partial charge on any atom is 0.337 e. The minimum atomic E-state index is -1.09. The van der Waals surface area contributed by atoms with Crippen molar-refractivity contribution in [2.75, 3.05) is 31.2 Å². The van der Waals surface area contributed by atoms with E-state index in [1.54, 1.807) is 11.9 Å². The number of nitrogens with zero attached hydrogens (tertiary/aromatic N) is 2. The molecule has 18 heavy (non-hydrogen) atoms. The number of nitrogens with one attached hydrogen (secondary N) is 1. The van der Waals surface area contributed by atoms with Gasteiger partial charge in [-0.3, -0.25) is 4.79 Å². The molecule has 0 aromatic carbocycles. The summed E-state index contributed by atoms with van der Waals surface area (Å²) in [6.07, 6.45) is 1.19. The molecule has 1 aromatic rings. The summed E-state index contributed by atoms with van der Waals surface area (Å²) in [6.45, 7) is 2.54. The Balaban J connectivity index is 2.69. The van der Waals surface area contributed by atoms with Crippen LogP contribution in [-0.4, -0.2) is 47.0 Å². The number of hydrogen-bond acceptors (Lipinski definition) is 5. The van der Waals surface area contributed by atoms with Gasteiger partial charge in [0, 0.05) is 19.8 Å². The van der Waals surface area contributed by atoms with Gasteiger partial charge in [0.15, 0.2) is 0 Å². The van der Waals surface area contributed by atoms with Crippen molar-refractivity contribution in [1.82, 2.24) is 9.88 Å². The minimum absolute atomic E-state index is 0.00931. The number of nitrogens with two attached hydrogens (primary N) is 1. The standard InChI is InChI=1S/C11H16N4O3/c1-3-15(2)9(16)6-14-10-8(12)4-7(5-13-10)11(17)18/h4-5H,3,6,12H2,1-2H3,(H,13,14)(H,17,18). The average molecular weight is 252 g/mol. The molecule has 7 nitrogen and oxygen atoms in total. The van der Waals surface area contributed by atoms with E-state index in [1.807, 2.05) is 6.92 Å². The monoisotopic (exact) mass is 252 g/mol. The van der Waals surface area contributed by atoms with Crippen LogP contribution in [0.5, 0.6) is 0 Å². The number of nitrogen functional groups attached to an aromatic ring is 1. The molecule has 1 amide bonds. The van der Waals surface area contributed by atoms with E-state index in [-0.39, 0.29) is 23.7 Å². The van der Waals surface area contributed by atoms with E-state index >= 15 is 0 Å². The molecular weight excluding hydrogens is 236 g/mol. The number of anilines is 2. The third-order valence-electron chi connectivity index (χ3n) is 2.47. The molecule has 0 aliphatic rings. The van der Waals surface area contributed by atoms with E-state index in [4.69, 9.17) is 10.8 Å². The van der Waals surface area contributed by atoms with Crippen molar-refractivity contribution in [3.8, 4) is 0 Å². The van der Waals surface area contributed by atoms with Gasteiger partial charge in [-0.25, -0.2) is 9.78 Å². The van der Waals surface area contributed by atoms with Crippen LogP contribution >= 0.6 is 0 Å². The number of likely N-dealkylation sites (N-methyl/N-ethyl adjacent to an activating group) is 1. The van der Waals surface area contributed by atoms with E-state index in [0.29, 0.717) is 12.4 Å². The number of pyridine rings is 1. The predicted molar refractivity (Wildman–Crippen MR) is 67.4 cm³/mol. The van der Waals surface area contributed by atoms with Crippen LogP contribution < -0.4 is 11.1 Å². The second-order valence-corrected chi connectivity index (χ2v) is 3.73. The van der Waals surface area contributed by atoms with E-state index in [1.165, 1.54) is 12.3 Å². The largest absolute Gasteiger partial charge is 0.478 e. The number of carboxylic acids is 1. The predicted octanol–water partition coefficient (Wildman–Crippen LogP) is 0.252. The Kier molecular flexibility index (Phi) is 4.47. The summed E-state index contributed by atoms with van der Waals surface area (Å²) in [5, 5.41) is 11.5. The summed E-state index contributed by atoms with van der Waals surface area (Å²) < 4.78 is 0. The number of hydrogen-bond donors (Lipinski definition) is 3. The Hall–Kier alpha value is -2.31. The Bertz CT molecular complexity index is 462. The molecule has 0 saturated heterocycles. The van der Waals surface area contributed by atoms with E-state index in [2.05, 4.69) is 10.3 Å². The molecule has 0 radical (unpaired) electrons. The molecule has 1 aromatic heterocycles. The van der Waals surface area contributed by atoms with Gasteiger partial charge in [-0.15, -0.1) is 0 Å². The van der Waals surface area contributed by atoms with Gasteiger partial charge in [0.25, 0.3) is 0 Å². The lowest BCUT2D eigenvalue weighted by molar-refractivity contribution is -0.127. The highest BCUT2D eigenvalue weighted by Crippen LogP contribution is 2.16. The number of carboxylic acid groups (broad SMARTS) is 1. The van der Waals surface area contributed by atoms with Gasteiger partial charge in [-0.1, -0.05) is 0 Å². The molecule has 1 heterocycles. The number of rotatable bonds is 5. The molecule has 1 rings (SSSR count). The smallest absolute Gasteiger partial charge is 0.337 e. The molecule has 0 bridgehead atoms. The molecule has 0 unspecified atom stereocenters. The SMILES string of the molecule is CCN(C)C(=O)CNc1ncc(C(=O)O)cc1N. The van der Waals surface area contributed by atoms with Crippen molar-refractivity contribution in [1.29, 1.82) is 0 Å². The van der Waals surface area contributed by atoms with Gasteiger partial charge >= 0.3 is 5.97 Å². The van der Waals surface area contributed by atoms with Gasteiger partial charge in [0.05, 0.1) is 17.8 Å². The molecule has 98 valence electrons. The van der Waals surface area contributed by atoms with Crippen LogP contribution in [0.3, 0.4) is 0 Å². The molecular formula is C11H16N4O3. The first kappa shape index (κ1) is 13.8. The zero-order valence-electron chi connectivity index (χ0n) is 10.3. The van der Waals surface area contributed by atoms with Crippen LogP contribution in [0, 0.1) is 0 Å². The second-order valence-electron chi connectivity index (χ2n) is 3.73. The highest BCUT2D eigenvalue weighted by atomic mass is 16.4. The highest BCUT2D eigenvalue weighted by molar-refractivity contribution is 5.89. The maximum atomic E-state index is 11.5. The van der Waals surface area contributed by atoms with Crippen LogP contribution in [0.25, 0.3) is 0 Å². The summed E-state index contributed by atoms with van der Waals surface area (Å²) in [7, 11) is 1.69. The Labute approximate surface area is 105 Å². The lowest BCUT2D eigenvalue weighted by Gasteiger charge is -2.15. The summed E-state index contributed by atoms with van der Waals surface area (Å²) in [5.74, 6) is -0.888. The van der Waals surface area contributed by atoms with Crippen LogP contribution in [0.15, 0.2) is 12.3 Å². The van der Waals surface area contributed by atoms with Gasteiger partial charge in [0.2, 0.25) is 5.91 Å². The van der Waals surface area contributed by atoms with Crippen LogP contribution in [0.4, 0.5) is 11.5 Å². The molecule has 7 heteroatoms. The van der Waals surface area contributed by atoms with Crippen molar-refractivity contribution in [3.05, 3.63) is 17.8 Å². The normalized spacial score (nSPS) is 9.89. The van der Waals surface area contributed by atoms with E-state index in [9.17, 15) is 9.59 Å². The van der Waals surface area contributed by atoms with Crippen LogP contribution in [0.1, 0.15) is 17.3 Å². The number of carbonyl (C=O) groups is 2. The zero-order valence-corrected chi connectivity index (χ0v) is 10.3. The van der Waals surface area contributed by atoms with Gasteiger partial charge in [-0.2, -0.15) is 0 Å². The molecule has 0 saturated carbocycles. The third-order valence-corrected chi connectivity index (χ3v) is 2.47. The molecule has 4 N–H and O–H groups in total. The highest BCUT2D eigenvalue weighted by Gasteiger charge is 2.10. The number of aromatic nitrogens is 1. The van der Waals surface area contributed by atoms with Crippen molar-refractivity contribution in [2.24, 2.45) is 0 Å². The fourth-order valence-corrected chi connectivity index (χ4v) is 1.22. The van der Waals surface area contributed by atoms with Crippen LogP contribution in [0.2, 0.25) is 0 Å². The Morgan fingerprint density at radius 2 is 2.22 bits per heavy atom. The number of carbonyl (C=O) groups excluding carboxylic acids is 1. The van der Waals surface area contributed by atoms with Crippen molar-refractivity contribution in [2.45, 2.75) is 6.92 Å². The molecule has 0 aliphatic carbocycles. The first-order chi connectivity index (χ1) is 8.45. The topological polar surface area (TPSA) is 109 Å². The number of aromatic carboxylic acids is 1. The van der Waals surface area contributed by atoms with E-state index in [0.717, 1.165) is 0 Å². The summed E-state index contributed by atoms with van der Waals surface area (Å²) >= 11 is 0. The fourth-order valence-electron chi connectivity index (χ4n) is 1.22. The first-order valence-corrected chi connectivity index (χ1v) is 5.42. The Morgan fingerprint density at radius 3 is 2.72 bits per heavy atom. The molecule has 0 spiro atoms. The zero-order chi connectivity index (χ0) is 13.7. The van der Waals surface area contributed by atoms with Crippen molar-refractivity contribution >= 4 is 23.4 Å². The number of amides is 1. The minimum Gasteiger partial charge on any atom is -0.478 e. The second kappa shape index (κ2) is 5.85. The first-order valence-electron chi connectivity index (χ1n) is 5.42. The molecule has 0 aliphatic heterocycles. The van der Waals surface area contributed by atoms with Crippen LogP contribution in [-0.2, 0) is 4.79 Å². The Morgan fingerprint density at radius 1 is 1.56 bits per heavy atom. The third kappa shape index (κ3) is 3.34. The quantitative estimate of drug-likeness (QED) is 0.693. The van der Waals surface area contributed by atoms with Gasteiger partial charge in [0.1, 0.15) is 5.82 Å². The average Bonchev–Trinajstić information content (AvgIpc) is 2.35. The fraction of sp³-hybridized carbons (Fsp3) is 0.364. The van der Waals surface area contributed by atoms with E-state index < -0.39 is 5.97 Å². The maximum absolute atomic E-state index is 11.5. The summed E-state index contributed by atoms with van der Waals surface area (Å²) in [6, 6.07) is 1.30. The molecule has 0 atom stereocenters. The van der Waals surface area contributed by atoms with Gasteiger partial charge < -0.3 is 21.1 Å². The lowest BCUT2D eigenvalue weighted by Crippen LogP contribution is -2.32. The molecule has 0 fully saturated rings. The van der Waals surface area contributed by atoms with Crippen molar-refractivity contribution in [3.63, 3.8) is 0 Å². The lowest BCUT2D eigenvalue weighted by atomic mass is 10.2. The van der Waals surface area contributed by atoms with Gasteiger partial charge in [-0.05, 0) is 13.0 Å².